The Kier molecular flexibility index (Phi) is 7.99. The van der Waals surface area contributed by atoms with Gasteiger partial charge in [0.15, 0.2) is 0 Å². The van der Waals surface area contributed by atoms with Crippen LogP contribution in [0.5, 0.6) is 0 Å². The average molecular weight is 645 g/mol. The van der Waals surface area contributed by atoms with E-state index >= 15 is 0 Å². The number of benzene rings is 7. The van der Waals surface area contributed by atoms with Crippen molar-refractivity contribution in [3.05, 3.63) is 176 Å². The number of anilines is 3. The molecule has 50 heavy (non-hydrogen) atoms. The maximum atomic E-state index is 2.64. The summed E-state index contributed by atoms with van der Waals surface area (Å²) in [5, 5.41) is 2.71. The van der Waals surface area contributed by atoms with E-state index in [1.165, 1.54) is 87.3 Å². The molecular weight excluding hydrogens is 605 g/mol. The zero-order valence-electron chi connectivity index (χ0n) is 28.3. The van der Waals surface area contributed by atoms with Gasteiger partial charge in [0.25, 0.3) is 0 Å². The minimum Gasteiger partial charge on any atom is -0.337 e. The van der Waals surface area contributed by atoms with Gasteiger partial charge < -0.3 is 9.47 Å². The molecule has 2 heteroatoms. The second-order valence-corrected chi connectivity index (χ2v) is 13.6. The van der Waals surface area contributed by atoms with Crippen molar-refractivity contribution in [2.75, 3.05) is 4.90 Å². The van der Waals surface area contributed by atoms with E-state index in [4.69, 9.17) is 0 Å². The van der Waals surface area contributed by atoms with Crippen LogP contribution in [0.1, 0.15) is 38.1 Å². The molecule has 1 aromatic heterocycles. The van der Waals surface area contributed by atoms with Crippen molar-refractivity contribution >= 4 is 38.9 Å². The van der Waals surface area contributed by atoms with E-state index in [2.05, 4.69) is 185 Å². The largest absolute Gasteiger partial charge is 0.337 e. The van der Waals surface area contributed by atoms with Crippen molar-refractivity contribution in [3.63, 3.8) is 0 Å². The molecule has 2 nitrogen and oxygen atoms in total. The molecule has 0 amide bonds. The summed E-state index contributed by atoms with van der Waals surface area (Å²) >= 11 is 0. The Morgan fingerprint density at radius 2 is 0.880 bits per heavy atom. The Balaban J connectivity index is 1.08. The van der Waals surface area contributed by atoms with Crippen molar-refractivity contribution in [1.82, 2.24) is 4.57 Å². The summed E-state index contributed by atoms with van der Waals surface area (Å²) in [6, 6.07) is 64.8. The highest BCUT2D eigenvalue weighted by molar-refractivity contribution is 6.09. The molecular formula is C48H40N2. The van der Waals surface area contributed by atoms with Crippen LogP contribution in [0.4, 0.5) is 17.1 Å². The number of hydrogen-bond donors (Lipinski definition) is 0. The monoisotopic (exact) mass is 644 g/mol. The van der Waals surface area contributed by atoms with Crippen molar-refractivity contribution < 1.29 is 0 Å². The van der Waals surface area contributed by atoms with E-state index in [0.29, 0.717) is 6.04 Å². The predicted molar refractivity (Wildman–Crippen MR) is 213 cm³/mol. The second kappa shape index (κ2) is 13.2. The lowest BCUT2D eigenvalue weighted by molar-refractivity contribution is 0.367. The highest BCUT2D eigenvalue weighted by Crippen LogP contribution is 2.41. The van der Waals surface area contributed by atoms with Gasteiger partial charge >= 0.3 is 0 Å². The number of fused-ring (bicyclic) bond motifs is 3. The summed E-state index contributed by atoms with van der Waals surface area (Å²) in [5.41, 5.74) is 13.5. The highest BCUT2D eigenvalue weighted by Gasteiger charge is 2.21. The number of aromatic nitrogens is 1. The SMILES string of the molecule is c1ccc(-c2ccc(N(c3ccccc3)c3cccc(-c4cccc(-c5ccc6c(c5)c5ccccc5n6C5CCCCC5)c4)c3)cc2)cc1. The molecule has 1 aliphatic carbocycles. The van der Waals surface area contributed by atoms with Crippen LogP contribution in [0.2, 0.25) is 0 Å². The molecule has 0 aliphatic heterocycles. The summed E-state index contributed by atoms with van der Waals surface area (Å²) < 4.78 is 2.64. The minimum absolute atomic E-state index is 0.588. The molecule has 7 aromatic carbocycles. The van der Waals surface area contributed by atoms with Crippen LogP contribution in [0.15, 0.2) is 176 Å². The van der Waals surface area contributed by atoms with Crippen LogP contribution >= 0.6 is 0 Å². The fourth-order valence-corrected chi connectivity index (χ4v) is 8.08. The van der Waals surface area contributed by atoms with Crippen molar-refractivity contribution in [3.8, 4) is 33.4 Å². The lowest BCUT2D eigenvalue weighted by Crippen LogP contribution is -2.12. The molecule has 0 radical (unpaired) electrons. The van der Waals surface area contributed by atoms with Gasteiger partial charge in [0, 0.05) is 44.9 Å². The first-order valence-electron chi connectivity index (χ1n) is 18.0. The molecule has 0 atom stereocenters. The number of rotatable bonds is 7. The number of para-hydroxylation sites is 2. The first kappa shape index (κ1) is 30.2. The molecule has 8 aromatic rings. The van der Waals surface area contributed by atoms with Crippen molar-refractivity contribution in [2.24, 2.45) is 0 Å². The van der Waals surface area contributed by atoms with Crippen molar-refractivity contribution in [2.45, 2.75) is 38.1 Å². The zero-order valence-corrected chi connectivity index (χ0v) is 28.3. The molecule has 0 bridgehead atoms. The van der Waals surface area contributed by atoms with Crippen LogP contribution in [-0.2, 0) is 0 Å². The Labute approximate surface area is 294 Å². The first-order chi connectivity index (χ1) is 24.8. The van der Waals surface area contributed by atoms with E-state index in [1.54, 1.807) is 0 Å². The molecule has 0 N–H and O–H groups in total. The summed E-state index contributed by atoms with van der Waals surface area (Å²) in [4.78, 5) is 2.35. The van der Waals surface area contributed by atoms with Gasteiger partial charge in [0.1, 0.15) is 0 Å². The summed E-state index contributed by atoms with van der Waals surface area (Å²) in [6.45, 7) is 0. The number of nitrogens with zero attached hydrogens (tertiary/aromatic N) is 2. The Bertz CT molecular complexity index is 2400. The van der Waals surface area contributed by atoms with Crippen LogP contribution in [-0.4, -0.2) is 4.57 Å². The lowest BCUT2D eigenvalue weighted by Gasteiger charge is -2.26. The van der Waals surface area contributed by atoms with Crippen LogP contribution in [0.25, 0.3) is 55.2 Å². The van der Waals surface area contributed by atoms with Gasteiger partial charge in [-0.1, -0.05) is 135 Å². The highest BCUT2D eigenvalue weighted by atomic mass is 15.1. The van der Waals surface area contributed by atoms with E-state index < -0.39 is 0 Å². The van der Waals surface area contributed by atoms with Gasteiger partial charge in [0.05, 0.1) is 0 Å². The van der Waals surface area contributed by atoms with Gasteiger partial charge in [-0.15, -0.1) is 0 Å². The second-order valence-electron chi connectivity index (χ2n) is 13.6. The van der Waals surface area contributed by atoms with E-state index in [1.807, 2.05) is 0 Å². The third-order valence-corrected chi connectivity index (χ3v) is 10.5. The molecule has 242 valence electrons. The summed E-state index contributed by atoms with van der Waals surface area (Å²) in [7, 11) is 0. The molecule has 0 unspecified atom stereocenters. The van der Waals surface area contributed by atoms with E-state index in [0.717, 1.165) is 17.1 Å². The zero-order chi connectivity index (χ0) is 33.3. The lowest BCUT2D eigenvalue weighted by atomic mass is 9.95. The standard InChI is InChI=1S/C48H40N2/c1-4-14-35(15-5-1)36-26-29-43(30-27-36)49(41-19-6-2-7-20-41)44-23-13-18-39(33-44)37-16-12-17-38(32-37)40-28-31-48-46(34-40)45-24-10-11-25-47(45)50(48)42-21-8-3-9-22-42/h1-2,4-7,10-20,23-34,42H,3,8-9,21-22H2. The Hall–Kier alpha value is -5.86. The van der Waals surface area contributed by atoms with Crippen LogP contribution in [0.3, 0.4) is 0 Å². The van der Waals surface area contributed by atoms with Crippen LogP contribution in [0, 0.1) is 0 Å². The van der Waals surface area contributed by atoms with Gasteiger partial charge in [-0.05, 0) is 107 Å². The normalized spacial score (nSPS) is 13.5. The summed E-state index contributed by atoms with van der Waals surface area (Å²) in [6.07, 6.45) is 6.57. The predicted octanol–water partition coefficient (Wildman–Crippen LogP) is 13.8. The maximum absolute atomic E-state index is 2.64. The van der Waals surface area contributed by atoms with E-state index in [9.17, 15) is 0 Å². The Morgan fingerprint density at radius 3 is 1.64 bits per heavy atom. The van der Waals surface area contributed by atoms with E-state index in [-0.39, 0.29) is 0 Å². The molecule has 1 saturated carbocycles. The maximum Gasteiger partial charge on any atom is 0.0494 e. The molecule has 0 saturated heterocycles. The molecule has 9 rings (SSSR count). The molecule has 1 heterocycles. The average Bonchev–Trinajstić information content (AvgIpc) is 3.53. The fourth-order valence-electron chi connectivity index (χ4n) is 8.08. The van der Waals surface area contributed by atoms with Gasteiger partial charge in [-0.25, -0.2) is 0 Å². The first-order valence-corrected chi connectivity index (χ1v) is 18.0. The molecule has 0 spiro atoms. The Morgan fingerprint density at radius 1 is 0.360 bits per heavy atom. The summed E-state index contributed by atoms with van der Waals surface area (Å²) in [5.74, 6) is 0. The smallest absolute Gasteiger partial charge is 0.0494 e. The van der Waals surface area contributed by atoms with Gasteiger partial charge in [-0.3, -0.25) is 0 Å². The minimum atomic E-state index is 0.588. The number of hydrogen-bond acceptors (Lipinski definition) is 1. The quantitative estimate of drug-likeness (QED) is 0.168. The third-order valence-electron chi connectivity index (χ3n) is 10.5. The third kappa shape index (κ3) is 5.67. The van der Waals surface area contributed by atoms with Gasteiger partial charge in [-0.2, -0.15) is 0 Å². The molecule has 1 aliphatic rings. The van der Waals surface area contributed by atoms with Crippen molar-refractivity contribution in [1.29, 1.82) is 0 Å². The topological polar surface area (TPSA) is 8.17 Å². The molecule has 1 fully saturated rings. The van der Waals surface area contributed by atoms with Crippen LogP contribution < -0.4 is 4.90 Å². The fraction of sp³-hybridized carbons (Fsp3) is 0.125. The van der Waals surface area contributed by atoms with Gasteiger partial charge in [0.2, 0.25) is 0 Å².